The average molecular weight is 394 g/mol. The van der Waals surface area contributed by atoms with E-state index < -0.39 is 0 Å². The van der Waals surface area contributed by atoms with Crippen LogP contribution in [0.15, 0.2) is 41.8 Å². The fraction of sp³-hybridized carbons (Fsp3) is 0.250. The first-order valence-electron chi connectivity index (χ1n) is 9.32. The molecule has 1 aliphatic heterocycles. The number of nitrogens with zero attached hydrogens (tertiary/aromatic N) is 5. The van der Waals surface area contributed by atoms with Gasteiger partial charge in [0.05, 0.1) is 21.6 Å². The summed E-state index contributed by atoms with van der Waals surface area (Å²) in [4.78, 5) is 12.8. The molecule has 4 aromatic rings. The number of nitrogens with two attached hydrogens (primary N) is 1. The molecule has 28 heavy (non-hydrogen) atoms. The van der Waals surface area contributed by atoms with E-state index in [1.54, 1.807) is 28.2 Å². The lowest BCUT2D eigenvalue weighted by molar-refractivity contribution is 0.569. The van der Waals surface area contributed by atoms with Gasteiger partial charge in [-0.25, -0.2) is 14.1 Å². The number of anilines is 2. The minimum Gasteiger partial charge on any atom is -0.383 e. The van der Waals surface area contributed by atoms with Crippen molar-refractivity contribution < 1.29 is 4.39 Å². The molecule has 8 heteroatoms. The predicted octanol–water partition coefficient (Wildman–Crippen LogP) is 4.26. The number of halogens is 1. The Balaban J connectivity index is 1.74. The Kier molecular flexibility index (Phi) is 4.20. The van der Waals surface area contributed by atoms with Crippen LogP contribution in [0.2, 0.25) is 0 Å². The molecule has 5 rings (SSSR count). The van der Waals surface area contributed by atoms with Crippen LogP contribution >= 0.6 is 11.3 Å². The second-order valence-corrected chi connectivity index (χ2v) is 7.82. The van der Waals surface area contributed by atoms with Crippen molar-refractivity contribution in [2.24, 2.45) is 0 Å². The topological polar surface area (TPSA) is 72.9 Å². The third-order valence-electron chi connectivity index (χ3n) is 5.00. The minimum atomic E-state index is -0.338. The number of hydrogen-bond acceptors (Lipinski definition) is 6. The number of nitrogen functional groups attached to an aromatic ring is 1. The number of thiophene rings is 1. The van der Waals surface area contributed by atoms with Crippen LogP contribution in [0.1, 0.15) is 19.3 Å². The van der Waals surface area contributed by atoms with Gasteiger partial charge in [-0.1, -0.05) is 12.1 Å². The SMILES string of the molecule is Nc1c2c(-c3cccs3)nc(N3CCCCC3)nc2nn1-c1cccc(F)c1. The van der Waals surface area contributed by atoms with Crippen LogP contribution < -0.4 is 10.6 Å². The van der Waals surface area contributed by atoms with E-state index in [-0.39, 0.29) is 5.82 Å². The van der Waals surface area contributed by atoms with E-state index in [4.69, 9.17) is 15.7 Å². The molecule has 1 aliphatic rings. The maximum absolute atomic E-state index is 13.7. The summed E-state index contributed by atoms with van der Waals surface area (Å²) in [6.07, 6.45) is 3.50. The summed E-state index contributed by atoms with van der Waals surface area (Å²) in [5.74, 6) is 0.753. The van der Waals surface area contributed by atoms with Crippen molar-refractivity contribution in [3.8, 4) is 16.3 Å². The predicted molar refractivity (Wildman–Crippen MR) is 110 cm³/mol. The molecular formula is C20H19FN6S. The molecule has 0 unspecified atom stereocenters. The molecule has 1 saturated heterocycles. The van der Waals surface area contributed by atoms with Crippen molar-refractivity contribution in [3.05, 3.63) is 47.6 Å². The van der Waals surface area contributed by atoms with E-state index in [1.165, 1.54) is 18.6 Å². The first-order valence-corrected chi connectivity index (χ1v) is 10.2. The number of piperidine rings is 1. The molecule has 6 nitrogen and oxygen atoms in total. The lowest BCUT2D eigenvalue weighted by atomic mass is 10.1. The summed E-state index contributed by atoms with van der Waals surface area (Å²) >= 11 is 1.60. The van der Waals surface area contributed by atoms with Crippen LogP contribution in [-0.4, -0.2) is 32.8 Å². The number of fused-ring (bicyclic) bond motifs is 1. The van der Waals surface area contributed by atoms with E-state index >= 15 is 0 Å². The Morgan fingerprint density at radius 3 is 2.64 bits per heavy atom. The molecule has 4 heterocycles. The van der Waals surface area contributed by atoms with Gasteiger partial charge in [-0.2, -0.15) is 4.98 Å². The molecule has 0 bridgehead atoms. The molecule has 2 N–H and O–H groups in total. The number of hydrogen-bond donors (Lipinski definition) is 1. The first kappa shape index (κ1) is 17.1. The Bertz CT molecular complexity index is 1130. The summed E-state index contributed by atoms with van der Waals surface area (Å²) in [5.41, 5.74) is 8.31. The zero-order valence-electron chi connectivity index (χ0n) is 15.2. The Morgan fingerprint density at radius 1 is 1.04 bits per heavy atom. The van der Waals surface area contributed by atoms with E-state index in [9.17, 15) is 4.39 Å². The van der Waals surface area contributed by atoms with Crippen LogP contribution in [0, 0.1) is 5.82 Å². The fourth-order valence-corrected chi connectivity index (χ4v) is 4.35. The first-order chi connectivity index (χ1) is 13.7. The van der Waals surface area contributed by atoms with Gasteiger partial charge in [-0.05, 0) is 48.9 Å². The minimum absolute atomic E-state index is 0.338. The van der Waals surface area contributed by atoms with Gasteiger partial charge in [0.25, 0.3) is 0 Å². The van der Waals surface area contributed by atoms with E-state index in [1.807, 2.05) is 17.5 Å². The summed E-state index contributed by atoms with van der Waals surface area (Å²) < 4.78 is 15.3. The number of rotatable bonds is 3. The zero-order valence-corrected chi connectivity index (χ0v) is 16.0. The van der Waals surface area contributed by atoms with Gasteiger partial charge in [0.1, 0.15) is 11.6 Å². The lowest BCUT2D eigenvalue weighted by Gasteiger charge is -2.26. The van der Waals surface area contributed by atoms with Crippen LogP contribution in [0.3, 0.4) is 0 Å². The van der Waals surface area contributed by atoms with Crippen LogP contribution in [0.25, 0.3) is 27.3 Å². The molecule has 0 amide bonds. The highest BCUT2D eigenvalue weighted by atomic mass is 32.1. The molecule has 3 aromatic heterocycles. The van der Waals surface area contributed by atoms with Crippen molar-refractivity contribution in [3.63, 3.8) is 0 Å². The molecule has 0 atom stereocenters. The largest absolute Gasteiger partial charge is 0.383 e. The maximum atomic E-state index is 13.7. The van der Waals surface area contributed by atoms with Crippen LogP contribution in [-0.2, 0) is 0 Å². The molecule has 0 spiro atoms. The Morgan fingerprint density at radius 2 is 1.89 bits per heavy atom. The standard InChI is InChI=1S/C20H19FN6S/c21-13-6-4-7-14(12-13)27-18(22)16-17(15-8-5-11-28-15)23-20(24-19(16)25-27)26-9-2-1-3-10-26/h4-8,11-12H,1-3,9-10,22H2. The van der Waals surface area contributed by atoms with Crippen molar-refractivity contribution in [1.29, 1.82) is 0 Å². The van der Waals surface area contributed by atoms with Crippen molar-refractivity contribution in [2.75, 3.05) is 23.7 Å². The molecular weight excluding hydrogens is 375 g/mol. The van der Waals surface area contributed by atoms with Gasteiger partial charge in [0.15, 0.2) is 5.65 Å². The van der Waals surface area contributed by atoms with E-state index in [2.05, 4.69) is 10.00 Å². The van der Waals surface area contributed by atoms with Crippen LogP contribution in [0.5, 0.6) is 0 Å². The van der Waals surface area contributed by atoms with Gasteiger partial charge in [-0.15, -0.1) is 16.4 Å². The van der Waals surface area contributed by atoms with E-state index in [0.29, 0.717) is 28.5 Å². The highest BCUT2D eigenvalue weighted by Gasteiger charge is 2.22. The highest BCUT2D eigenvalue weighted by Crippen LogP contribution is 2.35. The zero-order chi connectivity index (χ0) is 19.1. The normalized spacial score (nSPS) is 14.7. The molecule has 0 radical (unpaired) electrons. The third kappa shape index (κ3) is 2.90. The maximum Gasteiger partial charge on any atom is 0.228 e. The average Bonchev–Trinajstić information content (AvgIpc) is 3.37. The quantitative estimate of drug-likeness (QED) is 0.562. The summed E-state index contributed by atoms with van der Waals surface area (Å²) in [6, 6.07) is 10.2. The second kappa shape index (κ2) is 6.87. The molecule has 1 aromatic carbocycles. The summed E-state index contributed by atoms with van der Waals surface area (Å²) in [7, 11) is 0. The van der Waals surface area contributed by atoms with Crippen molar-refractivity contribution in [2.45, 2.75) is 19.3 Å². The summed E-state index contributed by atoms with van der Waals surface area (Å²) in [5, 5.41) is 7.31. The summed E-state index contributed by atoms with van der Waals surface area (Å²) in [6.45, 7) is 1.88. The Hall–Kier alpha value is -3.00. The van der Waals surface area contributed by atoms with Crippen molar-refractivity contribution >= 4 is 34.1 Å². The lowest BCUT2D eigenvalue weighted by Crippen LogP contribution is -2.31. The molecule has 0 saturated carbocycles. The Labute approximate surface area is 165 Å². The highest BCUT2D eigenvalue weighted by molar-refractivity contribution is 7.13. The van der Waals surface area contributed by atoms with E-state index in [0.717, 1.165) is 36.5 Å². The molecule has 1 fully saturated rings. The fourth-order valence-electron chi connectivity index (χ4n) is 3.63. The van der Waals surface area contributed by atoms with Gasteiger partial charge >= 0.3 is 0 Å². The second-order valence-electron chi connectivity index (χ2n) is 6.87. The third-order valence-corrected chi connectivity index (χ3v) is 5.88. The van der Waals surface area contributed by atoms with Crippen molar-refractivity contribution in [1.82, 2.24) is 19.7 Å². The monoisotopic (exact) mass is 394 g/mol. The van der Waals surface area contributed by atoms with Gasteiger partial charge in [0.2, 0.25) is 5.95 Å². The van der Waals surface area contributed by atoms with Gasteiger partial charge in [0, 0.05) is 13.1 Å². The van der Waals surface area contributed by atoms with Gasteiger partial charge in [-0.3, -0.25) is 0 Å². The number of aromatic nitrogens is 4. The number of benzene rings is 1. The smallest absolute Gasteiger partial charge is 0.228 e. The molecule has 0 aliphatic carbocycles. The van der Waals surface area contributed by atoms with Crippen LogP contribution in [0.4, 0.5) is 16.2 Å². The van der Waals surface area contributed by atoms with Gasteiger partial charge < -0.3 is 10.6 Å². The molecule has 142 valence electrons.